The van der Waals surface area contributed by atoms with Gasteiger partial charge in [0.1, 0.15) is 0 Å². The van der Waals surface area contributed by atoms with Crippen LogP contribution in [0.2, 0.25) is 0 Å². The Balaban J connectivity index is 2.15. The summed E-state index contributed by atoms with van der Waals surface area (Å²) >= 11 is 3.46. The van der Waals surface area contributed by atoms with Crippen molar-refractivity contribution in [2.45, 2.75) is 13.3 Å². The average molecular weight is 302 g/mol. The summed E-state index contributed by atoms with van der Waals surface area (Å²) in [6, 6.07) is 6.22. The molecule has 1 N–H and O–H groups in total. The molecule has 1 aromatic rings. The number of hydrogen-bond acceptors (Lipinski definition) is 3. The van der Waals surface area contributed by atoms with Gasteiger partial charge in [0, 0.05) is 37.0 Å². The van der Waals surface area contributed by atoms with E-state index in [9.17, 15) is 0 Å². The molecule has 0 fully saturated rings. The van der Waals surface area contributed by atoms with Crippen LogP contribution < -0.4 is 5.32 Å². The molecule has 0 bridgehead atoms. The third-order valence-electron chi connectivity index (χ3n) is 2.40. The highest BCUT2D eigenvalue weighted by atomic mass is 79.9. The van der Waals surface area contributed by atoms with Gasteiger partial charge in [-0.1, -0.05) is 22.0 Å². The number of halogens is 1. The van der Waals surface area contributed by atoms with Crippen molar-refractivity contribution in [2.24, 2.45) is 0 Å². The number of ether oxygens (including phenoxy) is 2. The molecular formula is C13H20BrNO2. The second-order valence-electron chi connectivity index (χ2n) is 3.84. The van der Waals surface area contributed by atoms with Gasteiger partial charge in [0.05, 0.1) is 6.61 Å². The van der Waals surface area contributed by atoms with Crippen LogP contribution in [0.4, 0.5) is 5.69 Å². The highest BCUT2D eigenvalue weighted by Gasteiger charge is 1.98. The minimum atomic E-state index is 0.718. The lowest BCUT2D eigenvalue weighted by Gasteiger charge is -2.10. The zero-order valence-corrected chi connectivity index (χ0v) is 12.0. The molecular weight excluding hydrogens is 282 g/mol. The Labute approximate surface area is 112 Å². The van der Waals surface area contributed by atoms with E-state index in [1.54, 1.807) is 7.11 Å². The van der Waals surface area contributed by atoms with Gasteiger partial charge in [-0.25, -0.2) is 0 Å². The average Bonchev–Trinajstić information content (AvgIpc) is 2.32. The summed E-state index contributed by atoms with van der Waals surface area (Å²) in [4.78, 5) is 0. The van der Waals surface area contributed by atoms with Gasteiger partial charge in [-0.15, -0.1) is 0 Å². The first-order valence-corrected chi connectivity index (χ1v) is 6.60. The van der Waals surface area contributed by atoms with E-state index in [0.29, 0.717) is 0 Å². The van der Waals surface area contributed by atoms with Crippen LogP contribution in [0.15, 0.2) is 22.7 Å². The van der Waals surface area contributed by atoms with E-state index in [0.717, 1.165) is 42.9 Å². The molecule has 0 aliphatic rings. The van der Waals surface area contributed by atoms with Gasteiger partial charge >= 0.3 is 0 Å². The van der Waals surface area contributed by atoms with Gasteiger partial charge in [0.2, 0.25) is 0 Å². The van der Waals surface area contributed by atoms with Crippen LogP contribution in [0.3, 0.4) is 0 Å². The van der Waals surface area contributed by atoms with E-state index in [-0.39, 0.29) is 0 Å². The normalized spacial score (nSPS) is 10.5. The number of hydrogen-bond donors (Lipinski definition) is 1. The van der Waals surface area contributed by atoms with Crippen LogP contribution in [0.1, 0.15) is 12.0 Å². The second-order valence-corrected chi connectivity index (χ2v) is 4.76. The van der Waals surface area contributed by atoms with Crippen molar-refractivity contribution in [1.82, 2.24) is 0 Å². The van der Waals surface area contributed by atoms with Crippen molar-refractivity contribution >= 4 is 21.6 Å². The summed E-state index contributed by atoms with van der Waals surface area (Å²) < 4.78 is 11.5. The molecule has 3 nitrogen and oxygen atoms in total. The summed E-state index contributed by atoms with van der Waals surface area (Å²) in [7, 11) is 1.71. The monoisotopic (exact) mass is 301 g/mol. The van der Waals surface area contributed by atoms with Crippen LogP contribution in [-0.4, -0.2) is 33.5 Å². The van der Waals surface area contributed by atoms with E-state index in [1.165, 1.54) is 5.56 Å². The quantitative estimate of drug-likeness (QED) is 0.748. The Hall–Kier alpha value is -0.580. The molecule has 1 rings (SSSR count). The Morgan fingerprint density at radius 1 is 1.24 bits per heavy atom. The van der Waals surface area contributed by atoms with E-state index < -0.39 is 0 Å². The van der Waals surface area contributed by atoms with Crippen molar-refractivity contribution in [3.8, 4) is 0 Å². The van der Waals surface area contributed by atoms with Gasteiger partial charge in [-0.3, -0.25) is 0 Å². The highest BCUT2D eigenvalue weighted by molar-refractivity contribution is 9.10. The van der Waals surface area contributed by atoms with Gasteiger partial charge in [-0.2, -0.15) is 0 Å². The molecule has 0 aliphatic heterocycles. The standard InChI is InChI=1S/C13H20BrNO2/c1-11-4-5-12(14)10-13(11)15-6-9-17-8-3-7-16-2/h4-5,10,15H,3,6-9H2,1-2H3. The fourth-order valence-corrected chi connectivity index (χ4v) is 1.81. The Morgan fingerprint density at radius 3 is 2.82 bits per heavy atom. The van der Waals surface area contributed by atoms with Crippen LogP contribution in [0.25, 0.3) is 0 Å². The van der Waals surface area contributed by atoms with Gasteiger partial charge in [-0.05, 0) is 31.0 Å². The molecule has 0 aliphatic carbocycles. The van der Waals surface area contributed by atoms with Gasteiger partial charge in [0.25, 0.3) is 0 Å². The predicted molar refractivity (Wildman–Crippen MR) is 74.7 cm³/mol. The smallest absolute Gasteiger partial charge is 0.0639 e. The first kappa shape index (κ1) is 14.5. The Kier molecular flexibility index (Phi) is 7.24. The van der Waals surface area contributed by atoms with Crippen molar-refractivity contribution in [2.75, 3.05) is 38.8 Å². The number of methoxy groups -OCH3 is 1. The molecule has 0 atom stereocenters. The zero-order valence-electron chi connectivity index (χ0n) is 10.5. The first-order valence-electron chi connectivity index (χ1n) is 5.80. The Bertz CT molecular complexity index is 331. The molecule has 0 saturated heterocycles. The topological polar surface area (TPSA) is 30.5 Å². The summed E-state index contributed by atoms with van der Waals surface area (Å²) in [6.07, 6.45) is 0.951. The van der Waals surface area contributed by atoms with Crippen LogP contribution in [-0.2, 0) is 9.47 Å². The molecule has 96 valence electrons. The fourth-order valence-electron chi connectivity index (χ4n) is 1.45. The second kappa shape index (κ2) is 8.50. The summed E-state index contributed by atoms with van der Waals surface area (Å²) in [5.41, 5.74) is 2.40. The molecule has 0 heterocycles. The lowest BCUT2D eigenvalue weighted by Crippen LogP contribution is -2.11. The van der Waals surface area contributed by atoms with Crippen molar-refractivity contribution in [1.29, 1.82) is 0 Å². The van der Waals surface area contributed by atoms with Crippen molar-refractivity contribution in [3.63, 3.8) is 0 Å². The van der Waals surface area contributed by atoms with E-state index in [1.807, 2.05) is 6.07 Å². The maximum absolute atomic E-state index is 5.47. The molecule has 0 unspecified atom stereocenters. The van der Waals surface area contributed by atoms with Crippen LogP contribution >= 0.6 is 15.9 Å². The molecule has 1 aromatic carbocycles. The Morgan fingerprint density at radius 2 is 2.06 bits per heavy atom. The van der Waals surface area contributed by atoms with E-state index in [4.69, 9.17) is 9.47 Å². The maximum atomic E-state index is 5.47. The SMILES string of the molecule is COCCCOCCNc1cc(Br)ccc1C. The minimum absolute atomic E-state index is 0.718. The zero-order chi connectivity index (χ0) is 12.5. The lowest BCUT2D eigenvalue weighted by atomic mass is 10.2. The summed E-state index contributed by atoms with van der Waals surface area (Å²) in [5.74, 6) is 0. The fraction of sp³-hybridized carbons (Fsp3) is 0.538. The lowest BCUT2D eigenvalue weighted by molar-refractivity contribution is 0.109. The van der Waals surface area contributed by atoms with Gasteiger partial charge < -0.3 is 14.8 Å². The third-order valence-corrected chi connectivity index (χ3v) is 2.89. The molecule has 0 saturated carbocycles. The number of aryl methyl sites for hydroxylation is 1. The van der Waals surface area contributed by atoms with Gasteiger partial charge in [0.15, 0.2) is 0 Å². The van der Waals surface area contributed by atoms with Crippen LogP contribution in [0.5, 0.6) is 0 Å². The minimum Gasteiger partial charge on any atom is -0.385 e. The van der Waals surface area contributed by atoms with E-state index >= 15 is 0 Å². The molecule has 4 heteroatoms. The summed E-state index contributed by atoms with van der Waals surface area (Å²) in [5, 5.41) is 3.36. The number of benzene rings is 1. The van der Waals surface area contributed by atoms with Crippen molar-refractivity contribution in [3.05, 3.63) is 28.2 Å². The highest BCUT2D eigenvalue weighted by Crippen LogP contribution is 2.20. The first-order chi connectivity index (χ1) is 8.24. The van der Waals surface area contributed by atoms with Crippen molar-refractivity contribution < 1.29 is 9.47 Å². The number of anilines is 1. The molecule has 0 amide bonds. The van der Waals surface area contributed by atoms with Crippen LogP contribution in [0, 0.1) is 6.92 Å². The molecule has 0 aromatic heterocycles. The predicted octanol–water partition coefficient (Wildman–Crippen LogP) is 3.22. The largest absolute Gasteiger partial charge is 0.385 e. The summed E-state index contributed by atoms with van der Waals surface area (Å²) in [6.45, 7) is 5.15. The maximum Gasteiger partial charge on any atom is 0.0639 e. The molecule has 0 spiro atoms. The third kappa shape index (κ3) is 6.05. The number of rotatable bonds is 8. The molecule has 17 heavy (non-hydrogen) atoms. The number of nitrogens with one attached hydrogen (secondary N) is 1. The van der Waals surface area contributed by atoms with E-state index in [2.05, 4.69) is 40.3 Å². The molecule has 0 radical (unpaired) electrons.